The standard InChI is InChI=1S/C20H25N3O/c1-7-18-22-19-13(4)10-14(5)21-20(19)23(18)15-8-9-16(12(2)3)17(11-15)24-6/h8-12H,7H2,1-6H3. The first kappa shape index (κ1) is 16.5. The summed E-state index contributed by atoms with van der Waals surface area (Å²) in [4.78, 5) is 9.57. The minimum absolute atomic E-state index is 0.418. The summed E-state index contributed by atoms with van der Waals surface area (Å²) in [5.41, 5.74) is 6.33. The van der Waals surface area contributed by atoms with Crippen LogP contribution in [0.2, 0.25) is 0 Å². The summed E-state index contributed by atoms with van der Waals surface area (Å²) in [5.74, 6) is 2.35. The fourth-order valence-electron chi connectivity index (χ4n) is 3.23. The van der Waals surface area contributed by atoms with Crippen LogP contribution in [-0.4, -0.2) is 21.6 Å². The van der Waals surface area contributed by atoms with Gasteiger partial charge in [0.25, 0.3) is 0 Å². The number of methoxy groups -OCH3 is 1. The molecule has 0 saturated carbocycles. The normalized spacial score (nSPS) is 11.5. The molecular weight excluding hydrogens is 298 g/mol. The summed E-state index contributed by atoms with van der Waals surface area (Å²) in [6, 6.07) is 8.46. The van der Waals surface area contributed by atoms with Gasteiger partial charge in [-0.25, -0.2) is 9.97 Å². The van der Waals surface area contributed by atoms with Gasteiger partial charge in [-0.1, -0.05) is 26.8 Å². The number of rotatable bonds is 4. The zero-order valence-corrected chi connectivity index (χ0v) is 15.3. The number of hydrogen-bond acceptors (Lipinski definition) is 3. The molecule has 3 aromatic rings. The van der Waals surface area contributed by atoms with Gasteiger partial charge >= 0.3 is 0 Å². The van der Waals surface area contributed by atoms with Crippen molar-refractivity contribution in [2.75, 3.05) is 7.11 Å². The molecule has 0 atom stereocenters. The Morgan fingerprint density at radius 1 is 1.12 bits per heavy atom. The minimum Gasteiger partial charge on any atom is -0.496 e. The van der Waals surface area contributed by atoms with Crippen molar-refractivity contribution in [3.8, 4) is 11.4 Å². The van der Waals surface area contributed by atoms with E-state index >= 15 is 0 Å². The van der Waals surface area contributed by atoms with Crippen LogP contribution < -0.4 is 4.74 Å². The molecule has 0 unspecified atom stereocenters. The van der Waals surface area contributed by atoms with Crippen LogP contribution in [0.25, 0.3) is 16.9 Å². The Balaban J connectivity index is 2.29. The molecule has 3 rings (SSSR count). The first-order valence-corrected chi connectivity index (χ1v) is 8.50. The number of aryl methyl sites for hydroxylation is 3. The van der Waals surface area contributed by atoms with Crippen LogP contribution >= 0.6 is 0 Å². The highest BCUT2D eigenvalue weighted by Gasteiger charge is 2.16. The van der Waals surface area contributed by atoms with Crippen molar-refractivity contribution < 1.29 is 4.74 Å². The lowest BCUT2D eigenvalue weighted by Crippen LogP contribution is -2.03. The van der Waals surface area contributed by atoms with Crippen LogP contribution in [-0.2, 0) is 6.42 Å². The van der Waals surface area contributed by atoms with Crippen LogP contribution in [0, 0.1) is 13.8 Å². The molecular formula is C20H25N3O. The third-order valence-corrected chi connectivity index (χ3v) is 4.42. The number of benzene rings is 1. The fourth-order valence-corrected chi connectivity index (χ4v) is 3.23. The van der Waals surface area contributed by atoms with Gasteiger partial charge in [0.15, 0.2) is 5.65 Å². The van der Waals surface area contributed by atoms with Gasteiger partial charge in [-0.2, -0.15) is 0 Å². The summed E-state index contributed by atoms with van der Waals surface area (Å²) in [6.07, 6.45) is 0.850. The maximum absolute atomic E-state index is 5.62. The molecule has 0 radical (unpaired) electrons. The lowest BCUT2D eigenvalue weighted by molar-refractivity contribution is 0.407. The fraction of sp³-hybridized carbons (Fsp3) is 0.400. The number of pyridine rings is 1. The third-order valence-electron chi connectivity index (χ3n) is 4.42. The average Bonchev–Trinajstić information content (AvgIpc) is 2.92. The van der Waals surface area contributed by atoms with Crippen molar-refractivity contribution in [1.29, 1.82) is 0 Å². The molecule has 0 aliphatic carbocycles. The van der Waals surface area contributed by atoms with E-state index in [1.54, 1.807) is 7.11 Å². The SMILES string of the molecule is CCc1nc2c(C)cc(C)nc2n1-c1ccc(C(C)C)c(OC)c1. The van der Waals surface area contributed by atoms with Crippen molar-refractivity contribution in [2.45, 2.75) is 47.0 Å². The van der Waals surface area contributed by atoms with Gasteiger partial charge in [-0.05, 0) is 43.0 Å². The number of ether oxygens (including phenoxy) is 1. The maximum atomic E-state index is 5.62. The molecule has 0 fully saturated rings. The molecule has 0 bridgehead atoms. The summed E-state index contributed by atoms with van der Waals surface area (Å²) in [6.45, 7) is 10.6. The molecule has 4 nitrogen and oxygen atoms in total. The first-order valence-electron chi connectivity index (χ1n) is 8.50. The zero-order valence-electron chi connectivity index (χ0n) is 15.3. The lowest BCUT2D eigenvalue weighted by atomic mass is 10.0. The lowest BCUT2D eigenvalue weighted by Gasteiger charge is -2.15. The summed E-state index contributed by atoms with van der Waals surface area (Å²) < 4.78 is 7.78. The van der Waals surface area contributed by atoms with Gasteiger partial charge in [0.2, 0.25) is 0 Å². The van der Waals surface area contributed by atoms with Gasteiger partial charge in [0.05, 0.1) is 12.8 Å². The molecule has 126 valence electrons. The minimum atomic E-state index is 0.418. The van der Waals surface area contributed by atoms with Gasteiger partial charge in [-0.15, -0.1) is 0 Å². The number of nitrogens with zero attached hydrogens (tertiary/aromatic N) is 3. The van der Waals surface area contributed by atoms with E-state index in [2.05, 4.69) is 56.5 Å². The molecule has 0 amide bonds. The monoisotopic (exact) mass is 323 g/mol. The van der Waals surface area contributed by atoms with Crippen molar-refractivity contribution in [3.05, 3.63) is 46.9 Å². The van der Waals surface area contributed by atoms with Crippen molar-refractivity contribution >= 4 is 11.2 Å². The number of fused-ring (bicyclic) bond motifs is 1. The second-order valence-electron chi connectivity index (χ2n) is 6.55. The Bertz CT molecular complexity index is 894. The second-order valence-corrected chi connectivity index (χ2v) is 6.55. The van der Waals surface area contributed by atoms with Crippen molar-refractivity contribution in [1.82, 2.24) is 14.5 Å². The molecule has 24 heavy (non-hydrogen) atoms. The first-order chi connectivity index (χ1) is 11.5. The number of hydrogen-bond donors (Lipinski definition) is 0. The molecule has 0 spiro atoms. The molecule has 2 aromatic heterocycles. The summed E-state index contributed by atoms with van der Waals surface area (Å²) in [7, 11) is 1.73. The quantitative estimate of drug-likeness (QED) is 0.697. The van der Waals surface area contributed by atoms with E-state index < -0.39 is 0 Å². The Morgan fingerprint density at radius 3 is 2.50 bits per heavy atom. The van der Waals surface area contributed by atoms with E-state index in [1.807, 2.05) is 6.92 Å². The van der Waals surface area contributed by atoms with E-state index in [9.17, 15) is 0 Å². The van der Waals surface area contributed by atoms with Gasteiger partial charge < -0.3 is 4.74 Å². The highest BCUT2D eigenvalue weighted by atomic mass is 16.5. The smallest absolute Gasteiger partial charge is 0.165 e. The highest BCUT2D eigenvalue weighted by molar-refractivity contribution is 5.78. The van der Waals surface area contributed by atoms with Crippen molar-refractivity contribution in [2.24, 2.45) is 0 Å². The summed E-state index contributed by atoms with van der Waals surface area (Å²) >= 11 is 0. The maximum Gasteiger partial charge on any atom is 0.165 e. The Labute approximate surface area is 143 Å². The van der Waals surface area contributed by atoms with E-state index in [4.69, 9.17) is 14.7 Å². The Morgan fingerprint density at radius 2 is 1.88 bits per heavy atom. The molecule has 0 aliphatic rings. The van der Waals surface area contributed by atoms with Gasteiger partial charge in [0.1, 0.15) is 17.1 Å². The number of imidazole rings is 1. The van der Waals surface area contributed by atoms with Crippen LogP contribution in [0.4, 0.5) is 0 Å². The Hall–Kier alpha value is -2.36. The molecule has 2 heterocycles. The zero-order chi connectivity index (χ0) is 17.4. The number of aromatic nitrogens is 3. The second kappa shape index (κ2) is 6.27. The molecule has 0 aliphatic heterocycles. The largest absolute Gasteiger partial charge is 0.496 e. The predicted octanol–water partition coefficient (Wildman–Crippen LogP) is 4.73. The topological polar surface area (TPSA) is 39.9 Å². The van der Waals surface area contributed by atoms with E-state index in [-0.39, 0.29) is 0 Å². The molecule has 0 saturated heterocycles. The average molecular weight is 323 g/mol. The van der Waals surface area contributed by atoms with E-state index in [0.717, 1.165) is 46.1 Å². The van der Waals surface area contributed by atoms with Crippen molar-refractivity contribution in [3.63, 3.8) is 0 Å². The van der Waals surface area contributed by atoms with Crippen LogP contribution in [0.3, 0.4) is 0 Å². The van der Waals surface area contributed by atoms with E-state index in [0.29, 0.717) is 5.92 Å². The summed E-state index contributed by atoms with van der Waals surface area (Å²) in [5, 5.41) is 0. The van der Waals surface area contributed by atoms with E-state index in [1.165, 1.54) is 5.56 Å². The molecule has 1 aromatic carbocycles. The van der Waals surface area contributed by atoms with Gasteiger partial charge in [-0.3, -0.25) is 4.57 Å². The molecule has 4 heteroatoms. The molecule has 0 N–H and O–H groups in total. The Kier molecular flexibility index (Phi) is 4.31. The third kappa shape index (κ3) is 2.66. The highest BCUT2D eigenvalue weighted by Crippen LogP contribution is 2.31. The van der Waals surface area contributed by atoms with Crippen LogP contribution in [0.1, 0.15) is 49.3 Å². The van der Waals surface area contributed by atoms with Gasteiger partial charge in [0, 0.05) is 18.2 Å². The van der Waals surface area contributed by atoms with Crippen LogP contribution in [0.15, 0.2) is 24.3 Å². The predicted molar refractivity (Wildman–Crippen MR) is 98.4 cm³/mol. The van der Waals surface area contributed by atoms with Crippen LogP contribution in [0.5, 0.6) is 5.75 Å².